The van der Waals surface area contributed by atoms with Gasteiger partial charge in [0.05, 0.1) is 12.2 Å². The predicted molar refractivity (Wildman–Crippen MR) is 56.4 cm³/mol. The molecule has 88 valence electrons. The molecule has 0 unspecified atom stereocenters. The molecule has 0 atom stereocenters. The van der Waals surface area contributed by atoms with Crippen LogP contribution in [0.5, 0.6) is 0 Å². The van der Waals surface area contributed by atoms with Crippen LogP contribution in [0.25, 0.3) is 0 Å². The lowest BCUT2D eigenvalue weighted by Gasteiger charge is -2.08. The van der Waals surface area contributed by atoms with Crippen LogP contribution in [0.1, 0.15) is 0 Å². The van der Waals surface area contributed by atoms with Crippen LogP contribution >= 0.6 is 0 Å². The number of carbonyl (C=O) groups excluding carboxylic acids is 1. The van der Waals surface area contributed by atoms with E-state index in [4.69, 9.17) is 11.6 Å². The van der Waals surface area contributed by atoms with Crippen molar-refractivity contribution in [3.05, 3.63) is 18.5 Å². The van der Waals surface area contributed by atoms with E-state index in [0.717, 1.165) is 6.20 Å². The van der Waals surface area contributed by atoms with Crippen LogP contribution in [-0.4, -0.2) is 25.9 Å². The number of anilines is 1. The molecule has 0 fully saturated rings. The molecule has 16 heavy (non-hydrogen) atoms. The first-order valence-corrected chi connectivity index (χ1v) is 5.64. The third kappa shape index (κ3) is 2.89. The number of nitrogens with one attached hydrogen (secondary N) is 2. The van der Waals surface area contributed by atoms with Crippen LogP contribution in [0.15, 0.2) is 23.4 Å². The number of amides is 1. The number of aromatic nitrogens is 1. The van der Waals surface area contributed by atoms with Gasteiger partial charge in [0.25, 0.3) is 0 Å². The highest BCUT2D eigenvalue weighted by Crippen LogP contribution is 2.17. The number of sulfonamides is 1. The van der Waals surface area contributed by atoms with Crippen LogP contribution < -0.4 is 21.7 Å². The lowest BCUT2D eigenvalue weighted by atomic mass is 10.4. The quantitative estimate of drug-likeness (QED) is 0.354. The number of nitrogens with zero attached hydrogens (tertiary/aromatic N) is 1. The van der Waals surface area contributed by atoms with Crippen molar-refractivity contribution in [2.45, 2.75) is 4.90 Å². The Morgan fingerprint density at radius 3 is 2.75 bits per heavy atom. The van der Waals surface area contributed by atoms with Crippen LogP contribution in [0.3, 0.4) is 0 Å². The fraction of sp³-hybridized carbons (Fsp3) is 0.143. The van der Waals surface area contributed by atoms with E-state index < -0.39 is 22.5 Å². The van der Waals surface area contributed by atoms with Gasteiger partial charge in [-0.3, -0.25) is 15.6 Å². The summed E-state index contributed by atoms with van der Waals surface area (Å²) >= 11 is 0. The summed E-state index contributed by atoms with van der Waals surface area (Å²) in [5.74, 6) is 4.36. The van der Waals surface area contributed by atoms with Gasteiger partial charge in [-0.15, -0.1) is 0 Å². The summed E-state index contributed by atoms with van der Waals surface area (Å²) in [5.41, 5.74) is 7.21. The molecule has 1 rings (SSSR count). The van der Waals surface area contributed by atoms with E-state index in [1.54, 1.807) is 0 Å². The summed E-state index contributed by atoms with van der Waals surface area (Å²) in [5, 5.41) is 0. The fourth-order valence-corrected chi connectivity index (χ4v) is 2.06. The molecule has 0 aromatic carbocycles. The summed E-state index contributed by atoms with van der Waals surface area (Å²) in [7, 11) is -3.85. The zero-order valence-electron chi connectivity index (χ0n) is 8.17. The minimum atomic E-state index is -3.85. The molecule has 1 heterocycles. The van der Waals surface area contributed by atoms with Crippen LogP contribution in [0, 0.1) is 0 Å². The number of hydrazine groups is 1. The maximum Gasteiger partial charge on any atom is 0.244 e. The third-order valence-electron chi connectivity index (χ3n) is 1.67. The second-order valence-electron chi connectivity index (χ2n) is 2.81. The molecule has 1 aromatic rings. The van der Waals surface area contributed by atoms with Gasteiger partial charge in [-0.05, 0) is 6.07 Å². The number of hydrogen-bond donors (Lipinski definition) is 4. The van der Waals surface area contributed by atoms with E-state index in [1.165, 1.54) is 12.3 Å². The van der Waals surface area contributed by atoms with Gasteiger partial charge >= 0.3 is 0 Å². The minimum Gasteiger partial charge on any atom is -0.369 e. The SMILES string of the molecule is NNc1ccncc1S(=O)(=O)NCC(N)=O. The van der Waals surface area contributed by atoms with Gasteiger partial charge in [0, 0.05) is 12.4 Å². The number of nitrogen functional groups attached to an aromatic ring is 1. The molecule has 0 spiro atoms. The van der Waals surface area contributed by atoms with E-state index in [1.807, 2.05) is 4.72 Å². The third-order valence-corrected chi connectivity index (χ3v) is 3.09. The van der Waals surface area contributed by atoms with Crippen molar-refractivity contribution in [3.63, 3.8) is 0 Å². The highest BCUT2D eigenvalue weighted by Gasteiger charge is 2.18. The number of nitrogens with two attached hydrogens (primary N) is 2. The molecular weight excluding hydrogens is 234 g/mol. The second kappa shape index (κ2) is 4.88. The molecule has 0 aliphatic carbocycles. The van der Waals surface area contributed by atoms with Gasteiger partial charge in [-0.1, -0.05) is 0 Å². The Morgan fingerprint density at radius 2 is 2.19 bits per heavy atom. The smallest absolute Gasteiger partial charge is 0.244 e. The van der Waals surface area contributed by atoms with Gasteiger partial charge in [-0.25, -0.2) is 13.1 Å². The van der Waals surface area contributed by atoms with E-state index >= 15 is 0 Å². The Labute approximate surface area is 92.1 Å². The Hall–Kier alpha value is -1.71. The van der Waals surface area contributed by atoms with Gasteiger partial charge < -0.3 is 11.2 Å². The molecule has 1 amide bonds. The maximum absolute atomic E-state index is 11.7. The van der Waals surface area contributed by atoms with Crippen LogP contribution in [0.2, 0.25) is 0 Å². The molecule has 9 heteroatoms. The van der Waals surface area contributed by atoms with Crippen LogP contribution in [0.4, 0.5) is 5.69 Å². The minimum absolute atomic E-state index is 0.154. The molecule has 0 saturated heterocycles. The molecule has 6 N–H and O–H groups in total. The summed E-state index contributed by atoms with van der Waals surface area (Å²) in [4.78, 5) is 14.0. The first kappa shape index (κ1) is 12.4. The molecule has 0 saturated carbocycles. The predicted octanol–water partition coefficient (Wildman–Crippen LogP) is -1.87. The standard InChI is InChI=1S/C7H11N5O3S/c8-7(13)4-11-16(14,15)6-3-10-2-1-5(6)12-9/h1-3,11H,4,9H2,(H2,8,13)(H,10,12). The van der Waals surface area contributed by atoms with Crippen molar-refractivity contribution in [3.8, 4) is 0 Å². The Kier molecular flexibility index (Phi) is 3.77. The summed E-state index contributed by atoms with van der Waals surface area (Å²) in [6.45, 7) is -0.485. The fourth-order valence-electron chi connectivity index (χ4n) is 0.957. The highest BCUT2D eigenvalue weighted by molar-refractivity contribution is 7.89. The molecule has 0 radical (unpaired) electrons. The number of rotatable bonds is 5. The number of carbonyl (C=O) groups is 1. The van der Waals surface area contributed by atoms with E-state index in [9.17, 15) is 13.2 Å². The first-order valence-electron chi connectivity index (χ1n) is 4.16. The largest absolute Gasteiger partial charge is 0.369 e. The molecule has 0 bridgehead atoms. The van der Waals surface area contributed by atoms with Gasteiger partial charge in [-0.2, -0.15) is 0 Å². The first-order chi connectivity index (χ1) is 7.47. The normalized spacial score (nSPS) is 11.1. The van der Waals surface area contributed by atoms with Crippen molar-refractivity contribution in [2.75, 3.05) is 12.0 Å². The topological polar surface area (TPSA) is 140 Å². The lowest BCUT2D eigenvalue weighted by molar-refractivity contribution is -0.116. The molecular formula is C7H11N5O3S. The van der Waals surface area contributed by atoms with Crippen molar-refractivity contribution in [1.29, 1.82) is 0 Å². The highest BCUT2D eigenvalue weighted by atomic mass is 32.2. The van der Waals surface area contributed by atoms with E-state index in [0.29, 0.717) is 0 Å². The monoisotopic (exact) mass is 245 g/mol. The van der Waals surface area contributed by atoms with E-state index in [2.05, 4.69) is 10.4 Å². The van der Waals surface area contributed by atoms with Crippen molar-refractivity contribution >= 4 is 21.6 Å². The Balaban J connectivity index is 3.02. The Bertz CT molecular complexity index is 487. The second-order valence-corrected chi connectivity index (χ2v) is 4.54. The summed E-state index contributed by atoms with van der Waals surface area (Å²) < 4.78 is 25.3. The van der Waals surface area contributed by atoms with Crippen LogP contribution in [-0.2, 0) is 14.8 Å². The van der Waals surface area contributed by atoms with Gasteiger partial charge in [0.15, 0.2) is 0 Å². The zero-order valence-corrected chi connectivity index (χ0v) is 8.99. The summed E-state index contributed by atoms with van der Waals surface area (Å²) in [6, 6.07) is 1.39. The van der Waals surface area contributed by atoms with E-state index in [-0.39, 0.29) is 10.6 Å². The maximum atomic E-state index is 11.7. The summed E-state index contributed by atoms with van der Waals surface area (Å²) in [6.07, 6.45) is 2.49. The average molecular weight is 245 g/mol. The number of pyridine rings is 1. The van der Waals surface area contributed by atoms with Crippen molar-refractivity contribution in [2.24, 2.45) is 11.6 Å². The molecule has 1 aromatic heterocycles. The van der Waals surface area contributed by atoms with Crippen molar-refractivity contribution in [1.82, 2.24) is 9.71 Å². The Morgan fingerprint density at radius 1 is 1.50 bits per heavy atom. The molecule has 0 aliphatic heterocycles. The number of hydrogen-bond acceptors (Lipinski definition) is 6. The zero-order chi connectivity index (χ0) is 12.2. The van der Waals surface area contributed by atoms with Gasteiger partial charge in [0.2, 0.25) is 15.9 Å². The average Bonchev–Trinajstić information content (AvgIpc) is 2.26. The molecule has 8 nitrogen and oxygen atoms in total. The van der Waals surface area contributed by atoms with Gasteiger partial charge in [0.1, 0.15) is 4.90 Å². The van der Waals surface area contributed by atoms with Crippen molar-refractivity contribution < 1.29 is 13.2 Å². The lowest BCUT2D eigenvalue weighted by Crippen LogP contribution is -2.33. The number of primary amides is 1. The molecule has 0 aliphatic rings.